The standard InChI is InChI=1S/C46H49N5O8/c52-38-17-15-36(37-16-18-41(54)49-42(37)38)39(53)25-47-21-4-22-48-43(55)32-9-7-30(8-10-32)27-58-35-13-11-33(12-14-35)44(56)51-28-46(29-51,34-5-2-1-3-6-34)45(57)59-40-26-50-23-19-31(40)20-24-50/h1-3,5-18,31,39-40,47,52-53H,4,19-29H2,(H,48,55)(H,49,54). The van der Waals surface area contributed by atoms with Crippen LogP contribution in [0.1, 0.15) is 62.8 Å². The molecule has 5 aromatic rings. The second kappa shape index (κ2) is 17.5. The van der Waals surface area contributed by atoms with E-state index in [1.165, 1.54) is 12.1 Å². The first-order valence-corrected chi connectivity index (χ1v) is 20.3. The van der Waals surface area contributed by atoms with Crippen LogP contribution in [0.5, 0.6) is 11.5 Å². The first-order chi connectivity index (χ1) is 28.7. The molecule has 0 spiro atoms. The summed E-state index contributed by atoms with van der Waals surface area (Å²) in [5.74, 6) is 0.346. The molecule has 0 aliphatic carbocycles. The topological polar surface area (TPSA) is 174 Å². The highest BCUT2D eigenvalue weighted by Gasteiger charge is 2.55. The Labute approximate surface area is 342 Å². The maximum atomic E-state index is 13.8. The van der Waals surface area contributed by atoms with E-state index < -0.39 is 11.5 Å². The Kier molecular flexibility index (Phi) is 11.8. The van der Waals surface area contributed by atoms with Crippen LogP contribution in [-0.2, 0) is 21.6 Å². The second-order valence-corrected chi connectivity index (χ2v) is 15.8. The van der Waals surface area contributed by atoms with E-state index >= 15 is 0 Å². The van der Waals surface area contributed by atoms with Gasteiger partial charge in [0, 0.05) is 55.3 Å². The maximum Gasteiger partial charge on any atom is 0.320 e. The molecule has 4 aliphatic rings. The molecule has 2 bridgehead atoms. The van der Waals surface area contributed by atoms with Gasteiger partial charge in [0.25, 0.3) is 11.8 Å². The number of rotatable bonds is 15. The quantitative estimate of drug-likeness (QED) is 0.0760. The number of benzene rings is 4. The number of carbonyl (C=O) groups excluding carboxylic acids is 3. The van der Waals surface area contributed by atoms with Gasteiger partial charge in [-0.15, -0.1) is 0 Å². The zero-order valence-electron chi connectivity index (χ0n) is 32.8. The molecule has 4 saturated heterocycles. The van der Waals surface area contributed by atoms with Gasteiger partial charge in [-0.25, -0.2) is 0 Å². The number of phenolic OH excluding ortho intramolecular Hbond substituents is 1. The fourth-order valence-electron chi connectivity index (χ4n) is 8.44. The van der Waals surface area contributed by atoms with E-state index in [1.54, 1.807) is 53.4 Å². The fourth-order valence-corrected chi connectivity index (χ4v) is 8.44. The van der Waals surface area contributed by atoms with E-state index in [4.69, 9.17) is 9.47 Å². The average Bonchev–Trinajstić information content (AvgIpc) is 3.25. The summed E-state index contributed by atoms with van der Waals surface area (Å²) in [5, 5.41) is 27.5. The van der Waals surface area contributed by atoms with E-state index in [9.17, 15) is 29.4 Å². The maximum absolute atomic E-state index is 13.8. The van der Waals surface area contributed by atoms with Crippen molar-refractivity contribution >= 4 is 28.7 Å². The van der Waals surface area contributed by atoms with E-state index in [1.807, 2.05) is 42.5 Å². The summed E-state index contributed by atoms with van der Waals surface area (Å²) in [6, 6.07) is 29.8. The normalized spacial score (nSPS) is 19.7. The molecule has 4 aromatic carbocycles. The minimum atomic E-state index is -0.884. The van der Waals surface area contributed by atoms with Crippen molar-refractivity contribution < 1.29 is 34.1 Å². The van der Waals surface area contributed by atoms with Gasteiger partial charge in [0.2, 0.25) is 5.56 Å². The molecule has 9 rings (SSSR count). The number of aromatic hydroxyl groups is 1. The first-order valence-electron chi connectivity index (χ1n) is 20.3. The summed E-state index contributed by atoms with van der Waals surface area (Å²) < 4.78 is 12.2. The molecule has 5 N–H and O–H groups in total. The number of aromatic amines is 1. The van der Waals surface area contributed by atoms with Gasteiger partial charge in [-0.05, 0) is 110 Å². The van der Waals surface area contributed by atoms with Crippen molar-refractivity contribution in [3.63, 3.8) is 0 Å². The first kappa shape index (κ1) is 39.8. The molecule has 1 aromatic heterocycles. The highest BCUT2D eigenvalue weighted by atomic mass is 16.5. The van der Waals surface area contributed by atoms with Crippen LogP contribution in [0.15, 0.2) is 108 Å². The summed E-state index contributed by atoms with van der Waals surface area (Å²) >= 11 is 0. The highest BCUT2D eigenvalue weighted by molar-refractivity contribution is 5.98. The number of piperidine rings is 3. The Hall–Kier alpha value is -6.02. The molecule has 13 nitrogen and oxygen atoms in total. The second-order valence-electron chi connectivity index (χ2n) is 15.8. The molecule has 0 radical (unpaired) electrons. The van der Waals surface area contributed by atoms with Crippen molar-refractivity contribution in [2.75, 3.05) is 52.4 Å². The Morgan fingerprint density at radius 1 is 0.864 bits per heavy atom. The van der Waals surface area contributed by atoms with Crippen LogP contribution in [0.3, 0.4) is 0 Å². The smallest absolute Gasteiger partial charge is 0.320 e. The lowest BCUT2D eigenvalue weighted by molar-refractivity contribution is -0.171. The number of nitrogens with zero attached hydrogens (tertiary/aromatic N) is 2. The third-order valence-corrected chi connectivity index (χ3v) is 11.9. The number of hydrogen-bond donors (Lipinski definition) is 5. The van der Waals surface area contributed by atoms with Gasteiger partial charge in [0.05, 0.1) is 11.6 Å². The molecule has 2 unspecified atom stereocenters. The largest absolute Gasteiger partial charge is 0.506 e. The lowest BCUT2D eigenvalue weighted by atomic mass is 9.73. The van der Waals surface area contributed by atoms with Gasteiger partial charge in [-0.2, -0.15) is 0 Å². The number of ether oxygens (including phenoxy) is 2. The summed E-state index contributed by atoms with van der Waals surface area (Å²) in [6.07, 6.45) is 1.79. The molecule has 59 heavy (non-hydrogen) atoms. The molecule has 306 valence electrons. The molecule has 2 amide bonds. The fraction of sp³-hybridized carbons (Fsp3) is 0.348. The molecule has 13 heteroatoms. The summed E-state index contributed by atoms with van der Waals surface area (Å²) in [4.78, 5) is 58.4. The number of fused-ring (bicyclic) bond motifs is 4. The van der Waals surface area contributed by atoms with Crippen molar-refractivity contribution in [2.24, 2.45) is 5.92 Å². The van der Waals surface area contributed by atoms with E-state index in [2.05, 4.69) is 20.5 Å². The number of phenols is 1. The van der Waals surface area contributed by atoms with Crippen LogP contribution in [-0.4, -0.2) is 101 Å². The zero-order chi connectivity index (χ0) is 40.9. The number of hydrogen-bond acceptors (Lipinski definition) is 10. The Morgan fingerprint density at radius 3 is 2.31 bits per heavy atom. The van der Waals surface area contributed by atoms with Crippen molar-refractivity contribution in [1.82, 2.24) is 25.4 Å². The van der Waals surface area contributed by atoms with Crippen molar-refractivity contribution in [2.45, 2.75) is 43.5 Å². The predicted molar refractivity (Wildman–Crippen MR) is 221 cm³/mol. The lowest BCUT2D eigenvalue weighted by Crippen LogP contribution is -2.66. The highest BCUT2D eigenvalue weighted by Crippen LogP contribution is 2.39. The number of pyridine rings is 1. The van der Waals surface area contributed by atoms with Gasteiger partial charge in [-0.1, -0.05) is 48.5 Å². The van der Waals surface area contributed by atoms with Crippen LogP contribution in [0, 0.1) is 5.92 Å². The minimum absolute atomic E-state index is 0.0619. The Bertz CT molecular complexity index is 2340. The van der Waals surface area contributed by atoms with Gasteiger partial charge < -0.3 is 40.2 Å². The van der Waals surface area contributed by atoms with Crippen LogP contribution in [0.25, 0.3) is 10.9 Å². The van der Waals surface area contributed by atoms with Gasteiger partial charge >= 0.3 is 5.97 Å². The van der Waals surface area contributed by atoms with Crippen molar-refractivity contribution in [1.29, 1.82) is 0 Å². The predicted octanol–water partition coefficient (Wildman–Crippen LogP) is 4.29. The molecular weight excluding hydrogens is 751 g/mol. The number of esters is 1. The molecule has 5 heterocycles. The number of likely N-dealkylation sites (tertiary alicyclic amines) is 1. The van der Waals surface area contributed by atoms with E-state index in [0.29, 0.717) is 53.3 Å². The molecule has 4 fully saturated rings. The summed E-state index contributed by atoms with van der Waals surface area (Å²) in [7, 11) is 0. The van der Waals surface area contributed by atoms with E-state index in [0.717, 1.165) is 43.6 Å². The summed E-state index contributed by atoms with van der Waals surface area (Å²) in [5.41, 5.74) is 2.42. The monoisotopic (exact) mass is 799 g/mol. The SMILES string of the molecule is O=C(NCCCNCC(O)c1ccc(O)c2[nH]c(=O)ccc12)c1ccc(COc2ccc(C(=O)N3CC(C(=O)OC4CN5CCC4CC5)(c4ccccc4)C3)cc2)cc1. The summed E-state index contributed by atoms with van der Waals surface area (Å²) in [6.45, 7) is 4.96. The van der Waals surface area contributed by atoms with Crippen LogP contribution >= 0.6 is 0 Å². The number of aromatic nitrogens is 1. The lowest BCUT2D eigenvalue weighted by Gasteiger charge is -2.50. The zero-order valence-corrected chi connectivity index (χ0v) is 32.8. The van der Waals surface area contributed by atoms with Gasteiger partial charge in [-0.3, -0.25) is 24.1 Å². The molecule has 2 atom stereocenters. The molecule has 0 saturated carbocycles. The van der Waals surface area contributed by atoms with Gasteiger partial charge in [0.15, 0.2) is 0 Å². The van der Waals surface area contributed by atoms with Crippen LogP contribution in [0.2, 0.25) is 0 Å². The molecular formula is C46H49N5O8. The number of amides is 2. The minimum Gasteiger partial charge on any atom is -0.506 e. The number of aliphatic hydroxyl groups excluding tert-OH is 1. The number of nitrogens with one attached hydrogen (secondary N) is 3. The molecule has 4 aliphatic heterocycles. The Morgan fingerprint density at radius 2 is 1.59 bits per heavy atom. The third kappa shape index (κ3) is 8.73. The third-order valence-electron chi connectivity index (χ3n) is 11.9. The van der Waals surface area contributed by atoms with Crippen LogP contribution in [0.4, 0.5) is 0 Å². The number of H-pyrrole nitrogens is 1. The Balaban J connectivity index is 0.762. The number of aliphatic hydroxyl groups is 1. The average molecular weight is 800 g/mol. The van der Waals surface area contributed by atoms with Gasteiger partial charge in [0.1, 0.15) is 29.6 Å². The van der Waals surface area contributed by atoms with Crippen molar-refractivity contribution in [3.8, 4) is 11.5 Å². The van der Waals surface area contributed by atoms with Crippen LogP contribution < -0.4 is 20.9 Å². The number of carbonyl (C=O) groups is 3. The van der Waals surface area contributed by atoms with Crippen molar-refractivity contribution in [3.05, 3.63) is 141 Å². The van der Waals surface area contributed by atoms with E-state index in [-0.39, 0.29) is 67.0 Å².